The first-order valence-corrected chi connectivity index (χ1v) is 10.6. The first-order chi connectivity index (χ1) is 13.2. The number of fused-ring (bicyclic) bond motifs is 2. The Morgan fingerprint density at radius 1 is 1.41 bits per heavy atom. The molecule has 1 atom stereocenters. The zero-order valence-corrected chi connectivity index (χ0v) is 16.1. The van der Waals surface area contributed by atoms with Crippen molar-refractivity contribution >= 4 is 45.0 Å². The Morgan fingerprint density at radius 3 is 3.07 bits per heavy atom. The summed E-state index contributed by atoms with van der Waals surface area (Å²) in [6.07, 6.45) is 5.67. The summed E-state index contributed by atoms with van der Waals surface area (Å²) in [7, 11) is 0. The Hall–Kier alpha value is -2.65. The van der Waals surface area contributed by atoms with Gasteiger partial charge in [-0.3, -0.25) is 14.0 Å². The zero-order chi connectivity index (χ0) is 18.8. The van der Waals surface area contributed by atoms with Crippen LogP contribution < -0.4 is 10.9 Å². The van der Waals surface area contributed by atoms with E-state index in [0.717, 1.165) is 16.8 Å². The molecule has 0 aliphatic carbocycles. The number of nitrogens with zero attached hydrogens (tertiary/aromatic N) is 3. The molecule has 4 rings (SSSR count). The van der Waals surface area contributed by atoms with Gasteiger partial charge in [-0.15, -0.1) is 11.3 Å². The van der Waals surface area contributed by atoms with Gasteiger partial charge < -0.3 is 10.3 Å². The van der Waals surface area contributed by atoms with Crippen molar-refractivity contribution in [2.75, 3.05) is 12.0 Å². The molecule has 1 aromatic carbocycles. The predicted molar refractivity (Wildman–Crippen MR) is 109 cm³/mol. The maximum Gasteiger partial charge on any atom is 0.271 e. The van der Waals surface area contributed by atoms with E-state index in [1.165, 1.54) is 21.9 Å². The highest BCUT2D eigenvalue weighted by Crippen LogP contribution is 2.20. The van der Waals surface area contributed by atoms with Crippen LogP contribution in [-0.2, 0) is 0 Å². The standard InChI is InChI=1S/C18H17N5O2S2/c1-26-8-6-14(15-20-12-4-2-3-5-13(12)21-15)22-16(24)11-10-19-18-23(17(11)25)7-9-27-18/h2-5,7,9-10,14H,6,8H2,1H3,(H,20,21)(H,22,24)/t14-/m1/s1. The molecule has 2 N–H and O–H groups in total. The molecule has 4 aromatic rings. The Kier molecular flexibility index (Phi) is 4.95. The molecule has 7 nitrogen and oxygen atoms in total. The minimum absolute atomic E-state index is 0.0242. The van der Waals surface area contributed by atoms with E-state index in [1.54, 1.807) is 23.3 Å². The van der Waals surface area contributed by atoms with E-state index in [-0.39, 0.29) is 17.2 Å². The molecule has 3 aromatic heterocycles. The number of carbonyl (C=O) groups is 1. The fourth-order valence-corrected chi connectivity index (χ4v) is 4.01. The van der Waals surface area contributed by atoms with Gasteiger partial charge in [0.25, 0.3) is 11.5 Å². The minimum atomic E-state index is -0.445. The van der Waals surface area contributed by atoms with E-state index in [9.17, 15) is 9.59 Å². The predicted octanol–water partition coefficient (Wildman–Crippen LogP) is 2.86. The number of para-hydroxylation sites is 2. The molecular formula is C18H17N5O2S2. The molecule has 0 unspecified atom stereocenters. The van der Waals surface area contributed by atoms with Gasteiger partial charge in [-0.1, -0.05) is 12.1 Å². The third-order valence-electron chi connectivity index (χ3n) is 4.24. The largest absolute Gasteiger partial charge is 0.342 e. The number of amides is 1. The van der Waals surface area contributed by atoms with E-state index in [2.05, 4.69) is 20.3 Å². The summed E-state index contributed by atoms with van der Waals surface area (Å²) in [6.45, 7) is 0. The van der Waals surface area contributed by atoms with Crippen LogP contribution in [0.3, 0.4) is 0 Å². The number of nitrogens with one attached hydrogen (secondary N) is 2. The van der Waals surface area contributed by atoms with E-state index < -0.39 is 5.91 Å². The van der Waals surface area contributed by atoms with Gasteiger partial charge in [0, 0.05) is 17.8 Å². The molecule has 0 radical (unpaired) electrons. The van der Waals surface area contributed by atoms with E-state index >= 15 is 0 Å². The van der Waals surface area contributed by atoms with E-state index in [4.69, 9.17) is 0 Å². The first kappa shape index (κ1) is 17.7. The van der Waals surface area contributed by atoms with Crippen LogP contribution in [0, 0.1) is 0 Å². The normalized spacial score (nSPS) is 12.5. The number of hydrogen-bond donors (Lipinski definition) is 2. The van der Waals surface area contributed by atoms with Crippen LogP contribution in [0.15, 0.2) is 46.8 Å². The molecule has 0 bridgehead atoms. The molecule has 9 heteroatoms. The van der Waals surface area contributed by atoms with Crippen LogP contribution in [0.4, 0.5) is 0 Å². The summed E-state index contributed by atoms with van der Waals surface area (Å²) >= 11 is 3.04. The highest BCUT2D eigenvalue weighted by Gasteiger charge is 2.21. The highest BCUT2D eigenvalue weighted by molar-refractivity contribution is 7.98. The van der Waals surface area contributed by atoms with Gasteiger partial charge in [0.15, 0.2) is 4.96 Å². The summed E-state index contributed by atoms with van der Waals surface area (Å²) in [5.74, 6) is 1.09. The summed E-state index contributed by atoms with van der Waals surface area (Å²) in [6, 6.07) is 7.40. The van der Waals surface area contributed by atoms with Gasteiger partial charge in [0.05, 0.1) is 17.1 Å². The summed E-state index contributed by atoms with van der Waals surface area (Å²) in [5, 5.41) is 4.71. The Labute approximate surface area is 162 Å². The van der Waals surface area contributed by atoms with Crippen molar-refractivity contribution in [2.45, 2.75) is 12.5 Å². The fourth-order valence-electron chi connectivity index (χ4n) is 2.87. The maximum atomic E-state index is 12.8. The molecule has 0 spiro atoms. The van der Waals surface area contributed by atoms with Crippen LogP contribution in [0.5, 0.6) is 0 Å². The molecule has 138 valence electrons. The van der Waals surface area contributed by atoms with Gasteiger partial charge in [-0.25, -0.2) is 9.97 Å². The smallest absolute Gasteiger partial charge is 0.271 e. The van der Waals surface area contributed by atoms with Crippen molar-refractivity contribution in [1.82, 2.24) is 24.7 Å². The highest BCUT2D eigenvalue weighted by atomic mass is 32.2. The van der Waals surface area contributed by atoms with Crippen molar-refractivity contribution in [3.8, 4) is 0 Å². The van der Waals surface area contributed by atoms with Crippen LogP contribution in [0.25, 0.3) is 16.0 Å². The lowest BCUT2D eigenvalue weighted by atomic mass is 10.2. The molecule has 27 heavy (non-hydrogen) atoms. The average Bonchev–Trinajstić information content (AvgIpc) is 3.32. The van der Waals surface area contributed by atoms with Crippen molar-refractivity contribution in [3.63, 3.8) is 0 Å². The molecular weight excluding hydrogens is 382 g/mol. The molecule has 0 fully saturated rings. The van der Waals surface area contributed by atoms with Crippen molar-refractivity contribution in [1.29, 1.82) is 0 Å². The lowest BCUT2D eigenvalue weighted by Crippen LogP contribution is -2.34. The second-order valence-corrected chi connectivity index (χ2v) is 7.84. The second kappa shape index (κ2) is 7.53. The minimum Gasteiger partial charge on any atom is -0.342 e. The number of carbonyl (C=O) groups excluding carboxylic acids is 1. The van der Waals surface area contributed by atoms with Gasteiger partial charge in [0.2, 0.25) is 0 Å². The number of thioether (sulfide) groups is 1. The third kappa shape index (κ3) is 3.47. The second-order valence-electron chi connectivity index (χ2n) is 5.98. The Balaban J connectivity index is 1.65. The monoisotopic (exact) mass is 399 g/mol. The van der Waals surface area contributed by atoms with E-state index in [0.29, 0.717) is 17.2 Å². The Morgan fingerprint density at radius 2 is 2.26 bits per heavy atom. The van der Waals surface area contributed by atoms with Gasteiger partial charge in [-0.2, -0.15) is 11.8 Å². The number of aromatic amines is 1. The Bertz CT molecular complexity index is 1130. The van der Waals surface area contributed by atoms with Crippen LogP contribution in [0.1, 0.15) is 28.6 Å². The first-order valence-electron chi connectivity index (χ1n) is 8.36. The summed E-state index contributed by atoms with van der Waals surface area (Å²) in [5.41, 5.74) is 1.41. The van der Waals surface area contributed by atoms with Gasteiger partial charge in [-0.05, 0) is 30.6 Å². The zero-order valence-electron chi connectivity index (χ0n) is 14.5. The van der Waals surface area contributed by atoms with Gasteiger partial charge >= 0.3 is 0 Å². The average molecular weight is 400 g/mol. The summed E-state index contributed by atoms with van der Waals surface area (Å²) in [4.78, 5) is 38.0. The molecule has 0 aliphatic heterocycles. The lowest BCUT2D eigenvalue weighted by molar-refractivity contribution is 0.0932. The van der Waals surface area contributed by atoms with Crippen LogP contribution in [0.2, 0.25) is 0 Å². The number of imidazole rings is 1. The number of H-pyrrole nitrogens is 1. The third-order valence-corrected chi connectivity index (χ3v) is 5.66. The molecule has 0 saturated heterocycles. The van der Waals surface area contributed by atoms with E-state index in [1.807, 2.05) is 30.5 Å². The SMILES string of the molecule is CSCC[C@@H](NC(=O)c1cnc2sccn2c1=O)c1nc2ccccc2[nH]1. The molecule has 3 heterocycles. The van der Waals surface area contributed by atoms with Crippen molar-refractivity contribution < 1.29 is 4.79 Å². The number of hydrogen-bond acceptors (Lipinski definition) is 6. The number of rotatable bonds is 6. The maximum absolute atomic E-state index is 12.8. The quantitative estimate of drug-likeness (QED) is 0.520. The fraction of sp³-hybridized carbons (Fsp3) is 0.222. The molecule has 0 aliphatic rings. The summed E-state index contributed by atoms with van der Waals surface area (Å²) < 4.78 is 1.39. The van der Waals surface area contributed by atoms with Crippen LogP contribution in [-0.4, -0.2) is 37.3 Å². The van der Waals surface area contributed by atoms with Gasteiger partial charge in [0.1, 0.15) is 11.4 Å². The number of benzene rings is 1. The van der Waals surface area contributed by atoms with Crippen molar-refractivity contribution in [3.05, 3.63) is 63.8 Å². The molecule has 1 amide bonds. The number of aromatic nitrogens is 4. The van der Waals surface area contributed by atoms with Crippen LogP contribution >= 0.6 is 23.1 Å². The van der Waals surface area contributed by atoms with Crippen molar-refractivity contribution in [2.24, 2.45) is 0 Å². The molecule has 0 saturated carbocycles. The topological polar surface area (TPSA) is 92.2 Å². The number of thiazole rings is 1. The lowest BCUT2D eigenvalue weighted by Gasteiger charge is -2.16.